The minimum absolute atomic E-state index is 0.146. The zero-order valence-electron chi connectivity index (χ0n) is 13.2. The lowest BCUT2D eigenvalue weighted by atomic mass is 10.1. The molecule has 1 N–H and O–H groups in total. The van der Waals surface area contributed by atoms with Crippen LogP contribution in [0, 0.1) is 6.92 Å². The van der Waals surface area contributed by atoms with Gasteiger partial charge < -0.3 is 0 Å². The largest absolute Gasteiger partial charge is 0.273 e. The van der Waals surface area contributed by atoms with Crippen LogP contribution in [0.15, 0.2) is 34.7 Å². The second-order valence-corrected chi connectivity index (χ2v) is 6.28. The molecule has 0 aliphatic rings. The molecule has 0 bridgehead atoms. The molecule has 2 rings (SSSR count). The van der Waals surface area contributed by atoms with E-state index in [1.54, 1.807) is 11.3 Å². The maximum absolute atomic E-state index is 11.8. The van der Waals surface area contributed by atoms with Crippen LogP contribution >= 0.6 is 11.3 Å². The molecule has 1 aromatic carbocycles. The Hall–Kier alpha value is -2.01. The van der Waals surface area contributed by atoms with Gasteiger partial charge in [-0.1, -0.05) is 37.6 Å². The SMILES string of the molecule is CCCc1ccc(/C(C)=N\NC(=O)Cc2csc(C)n2)cc1. The Morgan fingerprint density at radius 1 is 1.32 bits per heavy atom. The third-order valence-corrected chi connectivity index (χ3v) is 4.09. The van der Waals surface area contributed by atoms with Gasteiger partial charge in [0, 0.05) is 5.38 Å². The predicted octanol–water partition coefficient (Wildman–Crippen LogP) is 3.49. The highest BCUT2D eigenvalue weighted by Gasteiger charge is 2.06. The number of hydrogen-bond donors (Lipinski definition) is 1. The van der Waals surface area contributed by atoms with Gasteiger partial charge in [-0.3, -0.25) is 4.79 Å². The fourth-order valence-corrected chi connectivity index (χ4v) is 2.72. The fourth-order valence-electron chi connectivity index (χ4n) is 2.11. The number of carbonyl (C=O) groups is 1. The highest BCUT2D eigenvalue weighted by Crippen LogP contribution is 2.09. The van der Waals surface area contributed by atoms with Gasteiger partial charge in [-0.2, -0.15) is 5.10 Å². The van der Waals surface area contributed by atoms with E-state index < -0.39 is 0 Å². The molecule has 0 atom stereocenters. The maximum Gasteiger partial charge on any atom is 0.246 e. The van der Waals surface area contributed by atoms with Crippen molar-refractivity contribution in [2.24, 2.45) is 5.10 Å². The lowest BCUT2D eigenvalue weighted by molar-refractivity contribution is -0.120. The smallest absolute Gasteiger partial charge is 0.246 e. The summed E-state index contributed by atoms with van der Waals surface area (Å²) >= 11 is 1.55. The summed E-state index contributed by atoms with van der Waals surface area (Å²) < 4.78 is 0. The average Bonchev–Trinajstić information content (AvgIpc) is 2.91. The molecule has 0 unspecified atom stereocenters. The molecule has 0 spiro atoms. The van der Waals surface area contributed by atoms with Crippen LogP contribution in [0.3, 0.4) is 0 Å². The van der Waals surface area contributed by atoms with Crippen LogP contribution in [0.25, 0.3) is 0 Å². The molecule has 0 aliphatic heterocycles. The Kier molecular flexibility index (Phi) is 5.83. The zero-order chi connectivity index (χ0) is 15.9. The third kappa shape index (κ3) is 4.77. The Bertz CT molecular complexity index is 659. The topological polar surface area (TPSA) is 54.4 Å². The normalized spacial score (nSPS) is 11.5. The van der Waals surface area contributed by atoms with E-state index in [4.69, 9.17) is 0 Å². The minimum atomic E-state index is -0.146. The summed E-state index contributed by atoms with van der Waals surface area (Å²) in [6.45, 7) is 5.98. The zero-order valence-corrected chi connectivity index (χ0v) is 14.0. The molecule has 1 amide bonds. The first-order chi connectivity index (χ1) is 10.6. The molecule has 0 saturated carbocycles. The molecular formula is C17H21N3OS. The summed E-state index contributed by atoms with van der Waals surface area (Å²) in [6.07, 6.45) is 2.48. The van der Waals surface area contributed by atoms with Gasteiger partial charge >= 0.3 is 0 Å². The Labute approximate surface area is 135 Å². The monoisotopic (exact) mass is 315 g/mol. The van der Waals surface area contributed by atoms with Gasteiger partial charge in [-0.15, -0.1) is 11.3 Å². The summed E-state index contributed by atoms with van der Waals surface area (Å²) in [4.78, 5) is 16.1. The number of carbonyl (C=O) groups excluding carboxylic acids is 1. The quantitative estimate of drug-likeness (QED) is 0.655. The van der Waals surface area contributed by atoms with Crippen LogP contribution in [0.1, 0.15) is 42.1 Å². The highest BCUT2D eigenvalue weighted by molar-refractivity contribution is 7.09. The van der Waals surface area contributed by atoms with Gasteiger partial charge in [0.1, 0.15) is 0 Å². The van der Waals surface area contributed by atoms with Gasteiger partial charge in [-0.05, 0) is 31.4 Å². The van der Waals surface area contributed by atoms with E-state index in [1.807, 2.05) is 31.4 Å². The van der Waals surface area contributed by atoms with Crippen molar-refractivity contribution in [2.45, 2.75) is 40.0 Å². The van der Waals surface area contributed by atoms with Crippen molar-refractivity contribution in [3.8, 4) is 0 Å². The van der Waals surface area contributed by atoms with E-state index in [0.29, 0.717) is 0 Å². The van der Waals surface area contributed by atoms with Gasteiger partial charge in [0.05, 0.1) is 22.8 Å². The first kappa shape index (κ1) is 16.4. The lowest BCUT2D eigenvalue weighted by Crippen LogP contribution is -2.21. The maximum atomic E-state index is 11.8. The second-order valence-electron chi connectivity index (χ2n) is 5.21. The van der Waals surface area contributed by atoms with Crippen molar-refractivity contribution in [1.29, 1.82) is 0 Å². The molecule has 0 radical (unpaired) electrons. The van der Waals surface area contributed by atoms with E-state index in [2.05, 4.69) is 34.6 Å². The Balaban J connectivity index is 1.92. The van der Waals surface area contributed by atoms with Crippen molar-refractivity contribution in [2.75, 3.05) is 0 Å². The number of hydrogen-bond acceptors (Lipinski definition) is 4. The summed E-state index contributed by atoms with van der Waals surface area (Å²) in [5.74, 6) is -0.146. The molecule has 2 aromatic rings. The second kappa shape index (κ2) is 7.84. The first-order valence-electron chi connectivity index (χ1n) is 7.42. The van der Waals surface area contributed by atoms with E-state index in [1.165, 1.54) is 5.56 Å². The number of rotatable bonds is 6. The number of amides is 1. The van der Waals surface area contributed by atoms with Crippen molar-refractivity contribution in [3.05, 3.63) is 51.5 Å². The molecule has 4 nitrogen and oxygen atoms in total. The van der Waals surface area contributed by atoms with Crippen molar-refractivity contribution in [1.82, 2.24) is 10.4 Å². The molecule has 22 heavy (non-hydrogen) atoms. The molecular weight excluding hydrogens is 294 g/mol. The number of hydrazone groups is 1. The highest BCUT2D eigenvalue weighted by atomic mass is 32.1. The van der Waals surface area contributed by atoms with E-state index in [-0.39, 0.29) is 12.3 Å². The molecule has 0 aliphatic carbocycles. The van der Waals surface area contributed by atoms with E-state index in [0.717, 1.165) is 34.8 Å². The van der Waals surface area contributed by atoms with Gasteiger partial charge in [-0.25, -0.2) is 10.4 Å². The molecule has 1 heterocycles. The van der Waals surface area contributed by atoms with E-state index in [9.17, 15) is 4.79 Å². The van der Waals surface area contributed by atoms with E-state index >= 15 is 0 Å². The van der Waals surface area contributed by atoms with Crippen LogP contribution in [0.5, 0.6) is 0 Å². The summed E-state index contributed by atoms with van der Waals surface area (Å²) in [7, 11) is 0. The fraction of sp³-hybridized carbons (Fsp3) is 0.353. The number of benzene rings is 1. The average molecular weight is 315 g/mol. The molecule has 0 fully saturated rings. The molecule has 0 saturated heterocycles. The number of aryl methyl sites for hydroxylation is 2. The van der Waals surface area contributed by atoms with Gasteiger partial charge in [0.25, 0.3) is 0 Å². The first-order valence-corrected chi connectivity index (χ1v) is 8.30. The summed E-state index contributed by atoms with van der Waals surface area (Å²) in [5.41, 5.74) is 6.52. The third-order valence-electron chi connectivity index (χ3n) is 3.27. The van der Waals surface area contributed by atoms with Crippen LogP contribution in [0.2, 0.25) is 0 Å². The molecule has 1 aromatic heterocycles. The number of thiazole rings is 1. The number of nitrogens with zero attached hydrogens (tertiary/aromatic N) is 2. The van der Waals surface area contributed by atoms with Crippen molar-refractivity contribution in [3.63, 3.8) is 0 Å². The van der Waals surface area contributed by atoms with Gasteiger partial charge in [0.2, 0.25) is 5.91 Å². The number of aromatic nitrogens is 1. The van der Waals surface area contributed by atoms with Crippen molar-refractivity contribution >= 4 is 23.0 Å². The summed E-state index contributed by atoms with van der Waals surface area (Å²) in [6, 6.07) is 8.30. The lowest BCUT2D eigenvalue weighted by Gasteiger charge is -2.04. The Morgan fingerprint density at radius 2 is 2.05 bits per heavy atom. The summed E-state index contributed by atoms with van der Waals surface area (Å²) in [5, 5.41) is 7.03. The minimum Gasteiger partial charge on any atom is -0.273 e. The van der Waals surface area contributed by atoms with Crippen LogP contribution < -0.4 is 5.43 Å². The van der Waals surface area contributed by atoms with Crippen LogP contribution in [0.4, 0.5) is 0 Å². The standard InChI is InChI=1S/C17H21N3OS/c1-4-5-14-6-8-15(9-7-14)12(2)19-20-17(21)10-16-11-22-13(3)18-16/h6-9,11H,4-5,10H2,1-3H3,(H,20,21)/b19-12-. The molecule has 116 valence electrons. The Morgan fingerprint density at radius 3 is 2.64 bits per heavy atom. The van der Waals surface area contributed by atoms with Gasteiger partial charge in [0.15, 0.2) is 0 Å². The number of nitrogens with one attached hydrogen (secondary N) is 1. The predicted molar refractivity (Wildman–Crippen MR) is 91.3 cm³/mol. The molecule has 5 heteroatoms. The van der Waals surface area contributed by atoms with Crippen LogP contribution in [-0.2, 0) is 17.6 Å². The van der Waals surface area contributed by atoms with Crippen molar-refractivity contribution < 1.29 is 4.79 Å². The van der Waals surface area contributed by atoms with Crippen LogP contribution in [-0.4, -0.2) is 16.6 Å².